The maximum Gasteiger partial charge on any atom is 0.116 e. The average molecular weight is 150 g/mol. The molecule has 0 saturated heterocycles. The Balaban J connectivity index is 2.50. The Hall–Kier alpha value is -1.09. The van der Waals surface area contributed by atoms with E-state index in [9.17, 15) is 0 Å². The van der Waals surface area contributed by atoms with E-state index in [-0.39, 0.29) is 0 Å². The summed E-state index contributed by atoms with van der Waals surface area (Å²) in [5.74, 6) is 0. The lowest BCUT2D eigenvalue weighted by Crippen LogP contribution is -1.82. The second kappa shape index (κ2) is 2.27. The quantitative estimate of drug-likeness (QED) is 0.602. The first-order chi connectivity index (χ1) is 4.97. The van der Waals surface area contributed by atoms with Crippen LogP contribution in [-0.4, -0.2) is 6.21 Å². The molecule has 1 aromatic heterocycles. The zero-order chi connectivity index (χ0) is 6.81. The normalized spacial score (nSPS) is 14.0. The Labute approximate surface area is 62.9 Å². The van der Waals surface area contributed by atoms with Gasteiger partial charge in [-0.05, 0) is 17.5 Å². The molecular formula is C7H6N2S. The lowest BCUT2D eigenvalue weighted by Gasteiger charge is -1.92. The maximum atomic E-state index is 3.93. The molecule has 0 amide bonds. The minimum absolute atomic E-state index is 1.12. The van der Waals surface area contributed by atoms with Gasteiger partial charge in [0.05, 0.1) is 0 Å². The molecule has 0 unspecified atom stereocenters. The molecule has 2 rings (SSSR count). The monoisotopic (exact) mass is 150 g/mol. The van der Waals surface area contributed by atoms with Gasteiger partial charge in [0.25, 0.3) is 0 Å². The van der Waals surface area contributed by atoms with Crippen LogP contribution in [0.1, 0.15) is 5.56 Å². The van der Waals surface area contributed by atoms with Gasteiger partial charge in [-0.25, -0.2) is 0 Å². The van der Waals surface area contributed by atoms with Crippen LogP contribution < -0.4 is 5.43 Å². The molecule has 0 atom stereocenters. The van der Waals surface area contributed by atoms with E-state index in [4.69, 9.17) is 0 Å². The Bertz CT molecular complexity index is 286. The van der Waals surface area contributed by atoms with E-state index >= 15 is 0 Å². The summed E-state index contributed by atoms with van der Waals surface area (Å²) in [4.78, 5) is 0. The highest BCUT2D eigenvalue weighted by atomic mass is 32.1. The van der Waals surface area contributed by atoms with Crippen molar-refractivity contribution >= 4 is 28.6 Å². The number of rotatable bonds is 0. The Kier molecular flexibility index (Phi) is 1.29. The van der Waals surface area contributed by atoms with Gasteiger partial charge in [-0.15, -0.1) is 11.3 Å². The molecule has 0 saturated carbocycles. The molecule has 0 spiro atoms. The highest BCUT2D eigenvalue weighted by Gasteiger charge is 1.99. The van der Waals surface area contributed by atoms with Gasteiger partial charge in [-0.1, -0.05) is 6.08 Å². The van der Waals surface area contributed by atoms with Gasteiger partial charge in [0.1, 0.15) is 5.00 Å². The predicted octanol–water partition coefficient (Wildman–Crippen LogP) is 2.17. The van der Waals surface area contributed by atoms with Crippen molar-refractivity contribution in [2.45, 2.75) is 0 Å². The van der Waals surface area contributed by atoms with Gasteiger partial charge in [0.2, 0.25) is 0 Å². The van der Waals surface area contributed by atoms with Crippen LogP contribution >= 0.6 is 11.3 Å². The number of hydrogen-bond donors (Lipinski definition) is 1. The van der Waals surface area contributed by atoms with Gasteiger partial charge in [0, 0.05) is 11.8 Å². The third-order valence-electron chi connectivity index (χ3n) is 1.30. The largest absolute Gasteiger partial charge is 0.268 e. The number of hydrogen-bond acceptors (Lipinski definition) is 3. The average Bonchev–Trinajstić information content (AvgIpc) is 2.28. The summed E-state index contributed by atoms with van der Waals surface area (Å²) in [5.41, 5.74) is 4.14. The van der Waals surface area contributed by atoms with E-state index < -0.39 is 0 Å². The van der Waals surface area contributed by atoms with Gasteiger partial charge in [0.15, 0.2) is 0 Å². The topological polar surface area (TPSA) is 24.4 Å². The second-order valence-corrected chi connectivity index (χ2v) is 2.87. The summed E-state index contributed by atoms with van der Waals surface area (Å²) >= 11 is 1.66. The molecule has 0 bridgehead atoms. The molecule has 10 heavy (non-hydrogen) atoms. The van der Waals surface area contributed by atoms with Gasteiger partial charge in [-0.2, -0.15) is 5.10 Å². The molecule has 0 fully saturated rings. The molecular weight excluding hydrogens is 144 g/mol. The number of anilines is 1. The fraction of sp³-hybridized carbons (Fsp3) is 0. The fourth-order valence-electron chi connectivity index (χ4n) is 0.827. The first-order valence-electron chi connectivity index (χ1n) is 3.00. The number of thiophene rings is 1. The summed E-state index contributed by atoms with van der Waals surface area (Å²) in [6.07, 6.45) is 5.70. The summed E-state index contributed by atoms with van der Waals surface area (Å²) < 4.78 is 0. The van der Waals surface area contributed by atoms with Crippen molar-refractivity contribution in [2.24, 2.45) is 5.10 Å². The van der Waals surface area contributed by atoms with Gasteiger partial charge in [-0.3, -0.25) is 5.43 Å². The van der Waals surface area contributed by atoms with Gasteiger partial charge < -0.3 is 0 Å². The summed E-state index contributed by atoms with van der Waals surface area (Å²) in [6, 6.07) is 2.07. The second-order valence-electron chi connectivity index (χ2n) is 1.95. The van der Waals surface area contributed by atoms with E-state index in [2.05, 4.69) is 16.6 Å². The number of nitrogens with zero attached hydrogens (tertiary/aromatic N) is 1. The standard InChI is InChI=1S/C7H6N2S/c1-2-6-3-5-10-7(6)9-8-4-1/h1-5,9H. The van der Waals surface area contributed by atoms with Crippen molar-refractivity contribution in [3.63, 3.8) is 0 Å². The first kappa shape index (κ1) is 5.68. The van der Waals surface area contributed by atoms with Crippen molar-refractivity contribution in [3.8, 4) is 0 Å². The summed E-state index contributed by atoms with van der Waals surface area (Å²) in [5, 5.41) is 7.09. The van der Waals surface area contributed by atoms with Crippen LogP contribution in [0.3, 0.4) is 0 Å². The molecule has 2 nitrogen and oxygen atoms in total. The third kappa shape index (κ3) is 0.844. The summed E-state index contributed by atoms with van der Waals surface area (Å²) in [7, 11) is 0. The van der Waals surface area contributed by atoms with Crippen LogP contribution in [0.2, 0.25) is 0 Å². The fourth-order valence-corrected chi connectivity index (χ4v) is 1.56. The van der Waals surface area contributed by atoms with Crippen molar-refractivity contribution in [2.75, 3.05) is 5.43 Å². The molecule has 50 valence electrons. The van der Waals surface area contributed by atoms with Crippen molar-refractivity contribution in [3.05, 3.63) is 23.1 Å². The first-order valence-corrected chi connectivity index (χ1v) is 3.88. The van der Waals surface area contributed by atoms with Crippen LogP contribution in [0.25, 0.3) is 6.08 Å². The highest BCUT2D eigenvalue weighted by molar-refractivity contribution is 7.14. The van der Waals surface area contributed by atoms with Crippen LogP contribution in [0.4, 0.5) is 5.00 Å². The molecule has 2 heterocycles. The Morgan fingerprint density at radius 1 is 1.50 bits per heavy atom. The van der Waals surface area contributed by atoms with E-state index in [1.54, 1.807) is 17.6 Å². The zero-order valence-corrected chi connectivity index (χ0v) is 6.06. The minimum atomic E-state index is 1.12. The summed E-state index contributed by atoms with van der Waals surface area (Å²) in [6.45, 7) is 0. The minimum Gasteiger partial charge on any atom is -0.268 e. The SMILES string of the molecule is C1=Cc2ccsc2NN=C1. The van der Waals surface area contributed by atoms with E-state index in [1.807, 2.05) is 17.5 Å². The molecule has 0 aliphatic carbocycles. The molecule has 1 aromatic rings. The van der Waals surface area contributed by atoms with E-state index in [0.717, 1.165) is 5.00 Å². The smallest absolute Gasteiger partial charge is 0.116 e. The van der Waals surface area contributed by atoms with Crippen LogP contribution in [0.5, 0.6) is 0 Å². The Morgan fingerprint density at radius 2 is 2.50 bits per heavy atom. The van der Waals surface area contributed by atoms with Gasteiger partial charge >= 0.3 is 0 Å². The number of hydrazone groups is 1. The molecule has 0 radical (unpaired) electrons. The predicted molar refractivity (Wildman–Crippen MR) is 45.5 cm³/mol. The molecule has 1 N–H and O–H groups in total. The van der Waals surface area contributed by atoms with E-state index in [0.29, 0.717) is 0 Å². The number of allylic oxidation sites excluding steroid dienone is 1. The Morgan fingerprint density at radius 3 is 3.50 bits per heavy atom. The molecule has 3 heteroatoms. The van der Waals surface area contributed by atoms with Crippen LogP contribution in [-0.2, 0) is 0 Å². The molecule has 1 aliphatic rings. The maximum absolute atomic E-state index is 3.93. The lowest BCUT2D eigenvalue weighted by atomic mass is 10.3. The van der Waals surface area contributed by atoms with Crippen LogP contribution in [0.15, 0.2) is 22.6 Å². The van der Waals surface area contributed by atoms with E-state index in [1.165, 1.54) is 5.56 Å². The number of nitrogens with one attached hydrogen (secondary N) is 1. The van der Waals surface area contributed by atoms with Crippen molar-refractivity contribution in [1.29, 1.82) is 0 Å². The number of fused-ring (bicyclic) bond motifs is 1. The molecule has 0 aromatic carbocycles. The van der Waals surface area contributed by atoms with Crippen molar-refractivity contribution in [1.82, 2.24) is 0 Å². The zero-order valence-electron chi connectivity index (χ0n) is 5.24. The molecule has 1 aliphatic heterocycles. The van der Waals surface area contributed by atoms with Crippen molar-refractivity contribution < 1.29 is 0 Å². The highest BCUT2D eigenvalue weighted by Crippen LogP contribution is 2.24. The van der Waals surface area contributed by atoms with Crippen LogP contribution in [0, 0.1) is 0 Å². The lowest BCUT2D eigenvalue weighted by molar-refractivity contribution is 1.39. The third-order valence-corrected chi connectivity index (χ3v) is 2.13.